The van der Waals surface area contributed by atoms with Crippen LogP contribution in [0.5, 0.6) is 0 Å². The number of rotatable bonds is 6. The van der Waals surface area contributed by atoms with Gasteiger partial charge in [0.1, 0.15) is 0 Å². The van der Waals surface area contributed by atoms with E-state index < -0.39 is 0 Å². The van der Waals surface area contributed by atoms with Crippen molar-refractivity contribution in [3.05, 3.63) is 33.3 Å². The van der Waals surface area contributed by atoms with Crippen LogP contribution >= 0.6 is 27.5 Å². The lowest BCUT2D eigenvalue weighted by molar-refractivity contribution is 0.385. The molecule has 1 unspecified atom stereocenters. The first-order chi connectivity index (χ1) is 8.04. The zero-order valence-electron chi connectivity index (χ0n) is 10.2. The number of benzene rings is 1. The van der Waals surface area contributed by atoms with Gasteiger partial charge < -0.3 is 16.0 Å². The molecule has 5 heteroatoms. The quantitative estimate of drug-likeness (QED) is 0.845. The molecule has 1 atom stereocenters. The SMILES string of the molecule is CN(C)CCNC(CN)c1ccc(Br)c(Cl)c1. The summed E-state index contributed by atoms with van der Waals surface area (Å²) in [4.78, 5) is 2.13. The summed E-state index contributed by atoms with van der Waals surface area (Å²) < 4.78 is 0.909. The third-order valence-electron chi connectivity index (χ3n) is 2.53. The molecule has 0 heterocycles. The molecule has 1 aromatic carbocycles. The summed E-state index contributed by atoms with van der Waals surface area (Å²) in [6.45, 7) is 2.45. The van der Waals surface area contributed by atoms with Crippen molar-refractivity contribution in [2.24, 2.45) is 5.73 Å². The number of halogens is 2. The summed E-state index contributed by atoms with van der Waals surface area (Å²) in [7, 11) is 4.10. The molecule has 0 fully saturated rings. The van der Waals surface area contributed by atoms with Gasteiger partial charge in [0.15, 0.2) is 0 Å². The number of likely N-dealkylation sites (N-methyl/N-ethyl adjacent to an activating group) is 1. The Morgan fingerprint density at radius 1 is 1.47 bits per heavy atom. The van der Waals surface area contributed by atoms with Gasteiger partial charge in [-0.2, -0.15) is 0 Å². The van der Waals surface area contributed by atoms with E-state index >= 15 is 0 Å². The highest BCUT2D eigenvalue weighted by Crippen LogP contribution is 2.25. The van der Waals surface area contributed by atoms with Gasteiger partial charge in [0.2, 0.25) is 0 Å². The first kappa shape index (κ1) is 14.9. The molecular formula is C12H19BrClN3. The second-order valence-corrected chi connectivity index (χ2v) is 5.48. The average Bonchev–Trinajstić information content (AvgIpc) is 2.28. The molecule has 0 saturated carbocycles. The lowest BCUT2D eigenvalue weighted by atomic mass is 10.1. The van der Waals surface area contributed by atoms with E-state index in [0.29, 0.717) is 6.54 Å². The van der Waals surface area contributed by atoms with Crippen LogP contribution in [0.2, 0.25) is 5.02 Å². The minimum atomic E-state index is 0.153. The minimum Gasteiger partial charge on any atom is -0.329 e. The zero-order chi connectivity index (χ0) is 12.8. The molecule has 0 spiro atoms. The summed E-state index contributed by atoms with van der Waals surface area (Å²) in [6, 6.07) is 6.09. The van der Waals surface area contributed by atoms with Crippen LogP contribution in [0.4, 0.5) is 0 Å². The molecule has 17 heavy (non-hydrogen) atoms. The zero-order valence-corrected chi connectivity index (χ0v) is 12.6. The predicted octanol–water partition coefficient (Wildman–Crippen LogP) is 2.25. The molecule has 1 aromatic rings. The van der Waals surface area contributed by atoms with E-state index in [1.54, 1.807) is 0 Å². The number of nitrogens with one attached hydrogen (secondary N) is 1. The second-order valence-electron chi connectivity index (χ2n) is 4.22. The summed E-state index contributed by atoms with van der Waals surface area (Å²) in [5.41, 5.74) is 6.90. The van der Waals surface area contributed by atoms with Crippen LogP contribution in [0.15, 0.2) is 22.7 Å². The van der Waals surface area contributed by atoms with Crippen LogP contribution in [0.1, 0.15) is 11.6 Å². The Balaban J connectivity index is 2.62. The van der Waals surface area contributed by atoms with E-state index in [0.717, 1.165) is 28.1 Å². The van der Waals surface area contributed by atoms with Crippen LogP contribution in [0, 0.1) is 0 Å². The first-order valence-corrected chi connectivity index (χ1v) is 6.75. The summed E-state index contributed by atoms with van der Waals surface area (Å²) >= 11 is 9.46. The molecule has 0 bridgehead atoms. The Labute approximate surface area is 116 Å². The third kappa shape index (κ3) is 4.94. The van der Waals surface area contributed by atoms with Gasteiger partial charge in [0.25, 0.3) is 0 Å². The highest BCUT2D eigenvalue weighted by Gasteiger charge is 2.10. The average molecular weight is 321 g/mol. The molecule has 3 N–H and O–H groups in total. The highest BCUT2D eigenvalue weighted by molar-refractivity contribution is 9.10. The summed E-state index contributed by atoms with van der Waals surface area (Å²) in [5.74, 6) is 0. The first-order valence-electron chi connectivity index (χ1n) is 5.57. The molecule has 0 aliphatic rings. The van der Waals surface area contributed by atoms with Gasteiger partial charge in [-0.25, -0.2) is 0 Å². The van der Waals surface area contributed by atoms with Gasteiger partial charge >= 0.3 is 0 Å². The molecule has 0 aliphatic carbocycles. The fraction of sp³-hybridized carbons (Fsp3) is 0.500. The van der Waals surface area contributed by atoms with E-state index in [1.807, 2.05) is 18.2 Å². The van der Waals surface area contributed by atoms with Gasteiger partial charge in [0, 0.05) is 30.1 Å². The summed E-state index contributed by atoms with van der Waals surface area (Å²) in [6.07, 6.45) is 0. The van der Waals surface area contributed by atoms with Crippen LogP contribution in [0.3, 0.4) is 0 Å². The van der Waals surface area contributed by atoms with Crippen molar-refractivity contribution in [1.82, 2.24) is 10.2 Å². The molecule has 0 amide bonds. The Morgan fingerprint density at radius 3 is 2.71 bits per heavy atom. The van der Waals surface area contributed by atoms with Crippen molar-refractivity contribution in [3.63, 3.8) is 0 Å². The van der Waals surface area contributed by atoms with Gasteiger partial charge in [-0.05, 0) is 47.7 Å². The van der Waals surface area contributed by atoms with Crippen molar-refractivity contribution in [3.8, 4) is 0 Å². The fourth-order valence-electron chi connectivity index (χ4n) is 1.53. The molecule has 0 radical (unpaired) electrons. The van der Waals surface area contributed by atoms with Gasteiger partial charge in [0.05, 0.1) is 5.02 Å². The normalized spacial score (nSPS) is 13.1. The number of hydrogen-bond donors (Lipinski definition) is 2. The Bertz CT molecular complexity index is 358. The van der Waals surface area contributed by atoms with Crippen LogP contribution in [-0.2, 0) is 0 Å². The van der Waals surface area contributed by atoms with Crippen molar-refractivity contribution in [2.75, 3.05) is 33.7 Å². The summed E-state index contributed by atoms with van der Waals surface area (Å²) in [5, 5.41) is 4.14. The lowest BCUT2D eigenvalue weighted by Gasteiger charge is -2.19. The number of hydrogen-bond acceptors (Lipinski definition) is 3. The maximum absolute atomic E-state index is 6.08. The van der Waals surface area contributed by atoms with E-state index in [-0.39, 0.29) is 6.04 Å². The molecule has 0 saturated heterocycles. The minimum absolute atomic E-state index is 0.153. The Hall–Kier alpha value is -0.130. The molecule has 0 aromatic heterocycles. The van der Waals surface area contributed by atoms with Gasteiger partial charge in [-0.15, -0.1) is 0 Å². The third-order valence-corrected chi connectivity index (χ3v) is 3.76. The van der Waals surface area contributed by atoms with E-state index in [2.05, 4.69) is 40.2 Å². The van der Waals surface area contributed by atoms with E-state index in [4.69, 9.17) is 17.3 Å². The topological polar surface area (TPSA) is 41.3 Å². The molecule has 3 nitrogen and oxygen atoms in total. The van der Waals surface area contributed by atoms with Crippen molar-refractivity contribution >= 4 is 27.5 Å². The Morgan fingerprint density at radius 2 is 2.18 bits per heavy atom. The van der Waals surface area contributed by atoms with E-state index in [9.17, 15) is 0 Å². The lowest BCUT2D eigenvalue weighted by Crippen LogP contribution is -2.33. The fourth-order valence-corrected chi connectivity index (χ4v) is 1.96. The van der Waals surface area contributed by atoms with E-state index in [1.165, 1.54) is 0 Å². The maximum atomic E-state index is 6.08. The molecule has 96 valence electrons. The smallest absolute Gasteiger partial charge is 0.0551 e. The molecule has 1 rings (SSSR count). The van der Waals surface area contributed by atoms with Gasteiger partial charge in [-0.3, -0.25) is 0 Å². The predicted molar refractivity (Wildman–Crippen MR) is 77.5 cm³/mol. The largest absolute Gasteiger partial charge is 0.329 e. The monoisotopic (exact) mass is 319 g/mol. The number of nitrogens with zero attached hydrogens (tertiary/aromatic N) is 1. The Kier molecular flexibility index (Phi) is 6.44. The maximum Gasteiger partial charge on any atom is 0.0551 e. The van der Waals surface area contributed by atoms with Crippen LogP contribution < -0.4 is 11.1 Å². The van der Waals surface area contributed by atoms with Crippen molar-refractivity contribution < 1.29 is 0 Å². The van der Waals surface area contributed by atoms with Crippen LogP contribution in [-0.4, -0.2) is 38.6 Å². The van der Waals surface area contributed by atoms with Gasteiger partial charge in [-0.1, -0.05) is 17.7 Å². The van der Waals surface area contributed by atoms with Crippen molar-refractivity contribution in [2.45, 2.75) is 6.04 Å². The number of nitrogens with two attached hydrogens (primary N) is 1. The molecule has 0 aliphatic heterocycles. The standard InChI is InChI=1S/C12H19BrClN3/c1-17(2)6-5-16-12(8-15)9-3-4-10(13)11(14)7-9/h3-4,7,12,16H,5-6,8,15H2,1-2H3. The van der Waals surface area contributed by atoms with Crippen LogP contribution in [0.25, 0.3) is 0 Å². The second kappa shape index (κ2) is 7.34. The molecular weight excluding hydrogens is 302 g/mol. The van der Waals surface area contributed by atoms with Crippen molar-refractivity contribution in [1.29, 1.82) is 0 Å². The highest BCUT2D eigenvalue weighted by atomic mass is 79.9.